The quantitative estimate of drug-likeness (QED) is 0.504. The van der Waals surface area contributed by atoms with Crippen molar-refractivity contribution in [1.82, 2.24) is 14.9 Å². The van der Waals surface area contributed by atoms with Gasteiger partial charge in [-0.15, -0.1) is 0 Å². The number of hydrogen-bond donors (Lipinski definition) is 1. The van der Waals surface area contributed by atoms with E-state index in [4.69, 9.17) is 4.74 Å². The Balaban J connectivity index is 1.24. The van der Waals surface area contributed by atoms with Gasteiger partial charge in [0, 0.05) is 29.9 Å². The average Bonchev–Trinajstić information content (AvgIpc) is 3.29. The molecule has 0 aliphatic heterocycles. The highest BCUT2D eigenvalue weighted by molar-refractivity contribution is 5.94. The number of ether oxygens (including phenoxy) is 1. The second-order valence-electron chi connectivity index (χ2n) is 6.73. The molecule has 148 valence electrons. The Kier molecular flexibility index (Phi) is 6.07. The van der Waals surface area contributed by atoms with E-state index >= 15 is 0 Å². The SMILES string of the molecule is O=C(NCC#CCOc1cccc2ccccc12)c1ccc(Cn2ccnc2)cc1. The zero-order valence-corrected chi connectivity index (χ0v) is 16.4. The third-order valence-corrected chi connectivity index (χ3v) is 4.65. The molecule has 0 saturated carbocycles. The maximum Gasteiger partial charge on any atom is 0.252 e. The van der Waals surface area contributed by atoms with Gasteiger partial charge >= 0.3 is 0 Å². The highest BCUT2D eigenvalue weighted by Crippen LogP contribution is 2.24. The van der Waals surface area contributed by atoms with Gasteiger partial charge in [-0.05, 0) is 29.1 Å². The zero-order chi connectivity index (χ0) is 20.6. The predicted molar refractivity (Wildman–Crippen MR) is 117 cm³/mol. The molecule has 0 fully saturated rings. The minimum Gasteiger partial charge on any atom is -0.480 e. The van der Waals surface area contributed by atoms with E-state index in [1.807, 2.05) is 77.5 Å². The number of aromatic nitrogens is 2. The summed E-state index contributed by atoms with van der Waals surface area (Å²) in [6, 6.07) is 21.5. The number of carbonyl (C=O) groups excluding carboxylic acids is 1. The first kappa shape index (κ1) is 19.3. The zero-order valence-electron chi connectivity index (χ0n) is 16.4. The molecule has 3 aromatic carbocycles. The summed E-state index contributed by atoms with van der Waals surface area (Å²) in [5.74, 6) is 6.53. The maximum atomic E-state index is 12.2. The van der Waals surface area contributed by atoms with Crippen molar-refractivity contribution in [3.8, 4) is 17.6 Å². The lowest BCUT2D eigenvalue weighted by atomic mass is 10.1. The normalized spacial score (nSPS) is 10.3. The number of nitrogens with zero attached hydrogens (tertiary/aromatic N) is 2. The molecular formula is C25H21N3O2. The fourth-order valence-electron chi connectivity index (χ4n) is 3.13. The van der Waals surface area contributed by atoms with E-state index in [9.17, 15) is 4.79 Å². The van der Waals surface area contributed by atoms with Gasteiger partial charge in [-0.1, -0.05) is 60.4 Å². The molecule has 1 heterocycles. The van der Waals surface area contributed by atoms with Crippen LogP contribution in [0.4, 0.5) is 0 Å². The summed E-state index contributed by atoms with van der Waals surface area (Å²) in [4.78, 5) is 16.3. The third-order valence-electron chi connectivity index (χ3n) is 4.65. The number of fused-ring (bicyclic) bond motifs is 1. The lowest BCUT2D eigenvalue weighted by molar-refractivity contribution is 0.0958. The Labute approximate surface area is 175 Å². The van der Waals surface area contributed by atoms with Crippen molar-refractivity contribution in [1.29, 1.82) is 0 Å². The second-order valence-corrected chi connectivity index (χ2v) is 6.73. The first-order valence-electron chi connectivity index (χ1n) is 9.69. The number of imidazole rings is 1. The number of amides is 1. The first-order valence-corrected chi connectivity index (χ1v) is 9.69. The maximum absolute atomic E-state index is 12.2. The minimum atomic E-state index is -0.145. The molecule has 4 aromatic rings. The largest absolute Gasteiger partial charge is 0.480 e. The van der Waals surface area contributed by atoms with Crippen LogP contribution < -0.4 is 10.1 Å². The first-order chi connectivity index (χ1) is 14.8. The molecule has 30 heavy (non-hydrogen) atoms. The van der Waals surface area contributed by atoms with E-state index in [-0.39, 0.29) is 19.1 Å². The van der Waals surface area contributed by atoms with Crippen LogP contribution in [0.1, 0.15) is 15.9 Å². The molecule has 0 spiro atoms. The van der Waals surface area contributed by atoms with Gasteiger partial charge in [0.25, 0.3) is 5.91 Å². The van der Waals surface area contributed by atoms with Gasteiger partial charge in [0.2, 0.25) is 0 Å². The van der Waals surface area contributed by atoms with Crippen LogP contribution in [0.3, 0.4) is 0 Å². The van der Waals surface area contributed by atoms with Gasteiger partial charge in [0.05, 0.1) is 12.9 Å². The molecule has 4 rings (SSSR count). The molecule has 0 radical (unpaired) electrons. The van der Waals surface area contributed by atoms with Crippen molar-refractivity contribution in [2.24, 2.45) is 0 Å². The second kappa shape index (κ2) is 9.44. The monoisotopic (exact) mass is 395 g/mol. The van der Waals surface area contributed by atoms with E-state index in [1.54, 1.807) is 12.5 Å². The summed E-state index contributed by atoms with van der Waals surface area (Å²) in [6.45, 7) is 1.27. The molecule has 0 bridgehead atoms. The summed E-state index contributed by atoms with van der Waals surface area (Å²) in [5.41, 5.74) is 1.72. The van der Waals surface area contributed by atoms with Crippen LogP contribution >= 0.6 is 0 Å². The number of nitrogens with one attached hydrogen (secondary N) is 1. The Morgan fingerprint density at radius 1 is 1.00 bits per heavy atom. The van der Waals surface area contributed by atoms with Gasteiger partial charge in [0.15, 0.2) is 0 Å². The molecule has 0 aliphatic carbocycles. The van der Waals surface area contributed by atoms with E-state index < -0.39 is 0 Å². The van der Waals surface area contributed by atoms with Crippen molar-refractivity contribution in [3.05, 3.63) is 96.6 Å². The van der Waals surface area contributed by atoms with Crippen LogP contribution in [0, 0.1) is 11.8 Å². The fourth-order valence-corrected chi connectivity index (χ4v) is 3.13. The van der Waals surface area contributed by atoms with E-state index in [2.05, 4.69) is 22.1 Å². The molecule has 5 heteroatoms. The van der Waals surface area contributed by atoms with Crippen molar-refractivity contribution in [2.45, 2.75) is 6.54 Å². The number of benzene rings is 3. The van der Waals surface area contributed by atoms with E-state index in [1.165, 1.54) is 0 Å². The topological polar surface area (TPSA) is 56.1 Å². The predicted octanol–water partition coefficient (Wildman–Crippen LogP) is 3.90. The third kappa shape index (κ3) is 4.86. The molecule has 1 amide bonds. The summed E-state index contributed by atoms with van der Waals surface area (Å²) in [6.07, 6.45) is 5.42. The number of carbonyl (C=O) groups is 1. The van der Waals surface area contributed by atoms with Crippen LogP contribution in [0.15, 0.2) is 85.5 Å². The Morgan fingerprint density at radius 2 is 1.83 bits per heavy atom. The Bertz CT molecular complexity index is 1180. The van der Waals surface area contributed by atoms with Crippen LogP contribution in [-0.4, -0.2) is 28.6 Å². The standard InChI is InChI=1S/C25H21N3O2/c29-25(22-12-10-20(11-13-22)18-28-16-15-26-19-28)27-14-3-4-17-30-24-9-5-7-21-6-1-2-8-23(21)24/h1-2,5-13,15-16,19H,14,17-18H2,(H,27,29). The van der Waals surface area contributed by atoms with Crippen LogP contribution in [0.25, 0.3) is 10.8 Å². The Hall–Kier alpha value is -4.04. The lowest BCUT2D eigenvalue weighted by Crippen LogP contribution is -2.23. The fraction of sp³-hybridized carbons (Fsp3) is 0.120. The average molecular weight is 395 g/mol. The molecule has 5 nitrogen and oxygen atoms in total. The number of hydrogen-bond acceptors (Lipinski definition) is 3. The summed E-state index contributed by atoms with van der Waals surface area (Å²) >= 11 is 0. The molecule has 0 atom stereocenters. The molecule has 0 saturated heterocycles. The highest BCUT2D eigenvalue weighted by Gasteiger charge is 2.04. The smallest absolute Gasteiger partial charge is 0.252 e. The van der Waals surface area contributed by atoms with Gasteiger partial charge < -0.3 is 14.6 Å². The Morgan fingerprint density at radius 3 is 2.67 bits per heavy atom. The summed E-state index contributed by atoms with van der Waals surface area (Å²) in [7, 11) is 0. The van der Waals surface area contributed by atoms with Gasteiger partial charge in [-0.2, -0.15) is 0 Å². The minimum absolute atomic E-state index is 0.145. The van der Waals surface area contributed by atoms with Gasteiger partial charge in [0.1, 0.15) is 12.4 Å². The van der Waals surface area contributed by atoms with Crippen LogP contribution in [-0.2, 0) is 6.54 Å². The van der Waals surface area contributed by atoms with Crippen molar-refractivity contribution in [2.75, 3.05) is 13.2 Å². The van der Waals surface area contributed by atoms with Crippen LogP contribution in [0.5, 0.6) is 5.75 Å². The number of rotatable bonds is 6. The summed E-state index contributed by atoms with van der Waals surface area (Å²) in [5, 5.41) is 5.00. The van der Waals surface area contributed by atoms with E-state index in [0.717, 1.165) is 28.6 Å². The molecule has 0 unspecified atom stereocenters. The summed E-state index contributed by atoms with van der Waals surface area (Å²) < 4.78 is 7.75. The van der Waals surface area contributed by atoms with Crippen molar-refractivity contribution in [3.63, 3.8) is 0 Å². The van der Waals surface area contributed by atoms with E-state index in [0.29, 0.717) is 5.56 Å². The van der Waals surface area contributed by atoms with Crippen LogP contribution in [0.2, 0.25) is 0 Å². The van der Waals surface area contributed by atoms with Gasteiger partial charge in [-0.3, -0.25) is 4.79 Å². The molecule has 0 aliphatic rings. The lowest BCUT2D eigenvalue weighted by Gasteiger charge is -2.06. The molecule has 1 N–H and O–H groups in total. The highest BCUT2D eigenvalue weighted by atomic mass is 16.5. The molecular weight excluding hydrogens is 374 g/mol. The van der Waals surface area contributed by atoms with Gasteiger partial charge in [-0.25, -0.2) is 4.98 Å². The van der Waals surface area contributed by atoms with Crippen molar-refractivity contribution < 1.29 is 9.53 Å². The van der Waals surface area contributed by atoms with Crippen molar-refractivity contribution >= 4 is 16.7 Å². The molecule has 1 aromatic heterocycles.